The van der Waals surface area contributed by atoms with Crippen molar-refractivity contribution < 1.29 is 17.6 Å². The molecule has 0 aliphatic carbocycles. The number of nitrogens with zero attached hydrogens (tertiary/aromatic N) is 2. The molecule has 0 saturated carbocycles. The van der Waals surface area contributed by atoms with E-state index in [4.69, 9.17) is 0 Å². The van der Waals surface area contributed by atoms with E-state index >= 15 is 0 Å². The van der Waals surface area contributed by atoms with Gasteiger partial charge in [0.15, 0.2) is 0 Å². The molecule has 0 N–H and O–H groups in total. The van der Waals surface area contributed by atoms with Gasteiger partial charge in [0.1, 0.15) is 0 Å². The first-order valence-corrected chi connectivity index (χ1v) is 2.54. The van der Waals surface area contributed by atoms with Crippen LogP contribution in [0.1, 0.15) is 0 Å². The molecule has 2 nitrogen and oxygen atoms in total. The van der Waals surface area contributed by atoms with Crippen molar-refractivity contribution in [3.05, 3.63) is 0 Å². The summed E-state index contributed by atoms with van der Waals surface area (Å²) < 4.78 is 45.5. The van der Waals surface area contributed by atoms with Crippen molar-refractivity contribution in [1.29, 1.82) is 0 Å². The van der Waals surface area contributed by atoms with Gasteiger partial charge in [-0.25, -0.2) is 0 Å². The van der Waals surface area contributed by atoms with Crippen LogP contribution in [0.5, 0.6) is 0 Å². The zero-order valence-corrected chi connectivity index (χ0v) is 5.67. The van der Waals surface area contributed by atoms with Crippen molar-refractivity contribution in [2.45, 2.75) is 11.0 Å². The highest BCUT2D eigenvalue weighted by atomic mass is 35.5. The van der Waals surface area contributed by atoms with Crippen LogP contribution in [-0.2, 0) is 0 Å². The Balaban J connectivity index is 4.01. The molecule has 0 bridgehead atoms. The Kier molecular flexibility index (Phi) is 2.85. The van der Waals surface area contributed by atoms with Gasteiger partial charge in [-0.15, -0.1) is 0 Å². The average molecular weight is 199 g/mol. The first kappa shape index (κ1) is 9.90. The quantitative estimate of drug-likeness (QED) is 0.282. The molecule has 0 aliphatic heterocycles. The molecule has 0 aromatic rings. The van der Waals surface area contributed by atoms with Gasteiger partial charge < -0.3 is 0 Å². The summed E-state index contributed by atoms with van der Waals surface area (Å²) in [7, 11) is 0. The SMILES string of the molecule is FC(F)(Cl)N=NC(F)(F)Cl. The fourth-order valence-corrected chi connectivity index (χ4v) is 0.189. The summed E-state index contributed by atoms with van der Waals surface area (Å²) in [5.41, 5.74) is -8.25. The number of hydrogen-bond acceptors (Lipinski definition) is 2. The number of halogens is 6. The fourth-order valence-electron chi connectivity index (χ4n) is 0.113. The maximum atomic E-state index is 11.4. The summed E-state index contributed by atoms with van der Waals surface area (Å²) in [6.07, 6.45) is 0. The van der Waals surface area contributed by atoms with Crippen molar-refractivity contribution in [3.63, 3.8) is 0 Å². The Hall–Kier alpha value is -0.100. The van der Waals surface area contributed by atoms with Crippen LogP contribution >= 0.6 is 23.2 Å². The van der Waals surface area contributed by atoms with Crippen LogP contribution in [0.25, 0.3) is 0 Å². The maximum absolute atomic E-state index is 11.4. The Bertz CT molecular complexity index is 119. The lowest BCUT2D eigenvalue weighted by atomic mass is 11.2. The zero-order chi connectivity index (χ0) is 8.41. The highest BCUT2D eigenvalue weighted by Gasteiger charge is 2.29. The van der Waals surface area contributed by atoms with E-state index in [0.717, 1.165) is 0 Å². The standard InChI is InChI=1S/C2Cl2F4N2/c3-1(5,6)9-10-2(4,7)8. The smallest absolute Gasteiger partial charge is 0.163 e. The third kappa shape index (κ3) is 7.90. The zero-order valence-electron chi connectivity index (χ0n) is 4.16. The van der Waals surface area contributed by atoms with Crippen molar-refractivity contribution in [3.8, 4) is 0 Å². The number of rotatable bonds is 2. The van der Waals surface area contributed by atoms with Crippen LogP contribution < -0.4 is 0 Å². The molecule has 8 heteroatoms. The molecule has 0 amide bonds. The summed E-state index contributed by atoms with van der Waals surface area (Å²) in [5, 5.41) is 3.41. The normalized spacial score (nSPS) is 14.6. The van der Waals surface area contributed by atoms with Gasteiger partial charge in [-0.1, -0.05) is 10.2 Å². The van der Waals surface area contributed by atoms with Gasteiger partial charge in [-0.3, -0.25) is 0 Å². The first-order chi connectivity index (χ1) is 4.21. The lowest BCUT2D eigenvalue weighted by molar-refractivity contribution is 0.0570. The van der Waals surface area contributed by atoms with E-state index in [1.54, 1.807) is 10.2 Å². The van der Waals surface area contributed by atoms with Gasteiger partial charge in [0.2, 0.25) is 0 Å². The topological polar surface area (TPSA) is 24.7 Å². The average Bonchev–Trinajstić information content (AvgIpc) is 1.57. The highest BCUT2D eigenvalue weighted by molar-refractivity contribution is 6.22. The molecule has 60 valence electrons. The molecule has 0 unspecified atom stereocenters. The number of alkyl halides is 6. The van der Waals surface area contributed by atoms with Crippen molar-refractivity contribution in [2.75, 3.05) is 0 Å². The minimum absolute atomic E-state index is 1.70. The largest absolute Gasteiger partial charge is 0.441 e. The molecule has 0 fully saturated rings. The molecule has 0 atom stereocenters. The fraction of sp³-hybridized carbons (Fsp3) is 1.00. The van der Waals surface area contributed by atoms with E-state index in [0.29, 0.717) is 0 Å². The van der Waals surface area contributed by atoms with E-state index < -0.39 is 11.0 Å². The van der Waals surface area contributed by atoms with Gasteiger partial charge in [-0.05, 0) is 23.2 Å². The Morgan fingerprint density at radius 1 is 0.800 bits per heavy atom. The van der Waals surface area contributed by atoms with Crippen LogP contribution in [0.4, 0.5) is 17.6 Å². The summed E-state index contributed by atoms with van der Waals surface area (Å²) in [4.78, 5) is 0. The molecule has 0 aromatic carbocycles. The third-order valence-electron chi connectivity index (χ3n) is 0.277. The summed E-state index contributed by atoms with van der Waals surface area (Å²) in [5.74, 6) is 0. The highest BCUT2D eigenvalue weighted by Crippen LogP contribution is 2.26. The van der Waals surface area contributed by atoms with E-state index in [2.05, 4.69) is 23.2 Å². The van der Waals surface area contributed by atoms with E-state index in [1.165, 1.54) is 0 Å². The van der Waals surface area contributed by atoms with Crippen molar-refractivity contribution in [2.24, 2.45) is 10.2 Å². The van der Waals surface area contributed by atoms with Crippen LogP contribution in [0.2, 0.25) is 0 Å². The minimum Gasteiger partial charge on any atom is -0.163 e. The lowest BCUT2D eigenvalue weighted by Crippen LogP contribution is -2.04. The molecular weight excluding hydrogens is 199 g/mol. The van der Waals surface area contributed by atoms with Gasteiger partial charge in [0, 0.05) is 0 Å². The molecular formula is C2Cl2F4N2. The van der Waals surface area contributed by atoms with Gasteiger partial charge >= 0.3 is 11.0 Å². The summed E-state index contributed by atoms with van der Waals surface area (Å²) >= 11 is 8.11. The second-order valence-electron chi connectivity index (χ2n) is 1.14. The number of hydrogen-bond donors (Lipinski definition) is 0. The second-order valence-corrected chi connectivity index (χ2v) is 2.05. The van der Waals surface area contributed by atoms with E-state index in [-0.39, 0.29) is 0 Å². The summed E-state index contributed by atoms with van der Waals surface area (Å²) in [6, 6.07) is 0. The van der Waals surface area contributed by atoms with Crippen LogP contribution in [0, 0.1) is 0 Å². The number of azo groups is 1. The van der Waals surface area contributed by atoms with Crippen molar-refractivity contribution >= 4 is 23.2 Å². The van der Waals surface area contributed by atoms with E-state index in [1.807, 2.05) is 0 Å². The molecule has 10 heavy (non-hydrogen) atoms. The van der Waals surface area contributed by atoms with Crippen LogP contribution in [0.15, 0.2) is 10.2 Å². The summed E-state index contributed by atoms with van der Waals surface area (Å²) in [6.45, 7) is 0. The van der Waals surface area contributed by atoms with Crippen molar-refractivity contribution in [1.82, 2.24) is 0 Å². The maximum Gasteiger partial charge on any atom is 0.441 e. The van der Waals surface area contributed by atoms with Gasteiger partial charge in [0.05, 0.1) is 0 Å². The Morgan fingerprint density at radius 2 is 1.00 bits per heavy atom. The van der Waals surface area contributed by atoms with Gasteiger partial charge in [0.25, 0.3) is 0 Å². The molecule has 0 heterocycles. The van der Waals surface area contributed by atoms with E-state index in [9.17, 15) is 17.6 Å². The molecule has 0 saturated heterocycles. The van der Waals surface area contributed by atoms with Gasteiger partial charge in [-0.2, -0.15) is 17.6 Å². The molecule has 0 radical (unpaired) electrons. The monoisotopic (exact) mass is 198 g/mol. The molecule has 0 aliphatic rings. The molecule has 0 spiro atoms. The Morgan fingerprint density at radius 3 is 1.10 bits per heavy atom. The third-order valence-corrected chi connectivity index (χ3v) is 0.428. The minimum atomic E-state index is -4.13. The Labute approximate surface area is 62.8 Å². The van der Waals surface area contributed by atoms with Crippen LogP contribution in [-0.4, -0.2) is 11.0 Å². The molecule has 0 rings (SSSR count). The first-order valence-electron chi connectivity index (χ1n) is 1.78. The molecule has 0 aromatic heterocycles. The predicted octanol–water partition coefficient (Wildman–Crippen LogP) is 3.02. The lowest BCUT2D eigenvalue weighted by Gasteiger charge is -1.99. The predicted molar refractivity (Wildman–Crippen MR) is 26.5 cm³/mol. The second kappa shape index (κ2) is 2.87. The van der Waals surface area contributed by atoms with Crippen LogP contribution in [0.3, 0.4) is 0 Å².